The zero-order valence-electron chi connectivity index (χ0n) is 28.0. The number of nitrogen functional groups attached to an aromatic ring is 1. The predicted molar refractivity (Wildman–Crippen MR) is 201 cm³/mol. The molecule has 0 atom stereocenters. The number of benzene rings is 6. The Hall–Kier alpha value is -6.00. The van der Waals surface area contributed by atoms with Crippen molar-refractivity contribution >= 4 is 104 Å². The fraction of sp³-hybridized carbons (Fsp3) is 0. The van der Waals surface area contributed by atoms with Gasteiger partial charge in [0.05, 0.1) is 39.4 Å². The summed E-state index contributed by atoms with van der Waals surface area (Å²) in [7, 11) is -15.9. The number of anilines is 1. The number of phenols is 2. The van der Waals surface area contributed by atoms with Gasteiger partial charge in [-0.1, -0.05) is 41.4 Å². The van der Waals surface area contributed by atoms with Crippen LogP contribution in [0.15, 0.2) is 141 Å². The summed E-state index contributed by atoms with van der Waals surface area (Å²) in [6, 6.07) is 20.1. The SMILES string of the molecule is Nc1c(N=Nc2ccc3c(O)c(N=Nc4ccccc4)c(S(=O)(=O)O)cc3c2S(=O)(=O)O)cc(S(=O)(=O)O)c2cc(SOOO)c(N=Nc3ccccc3)c(O)c12. The van der Waals surface area contributed by atoms with Crippen molar-refractivity contribution in [2.45, 2.75) is 19.6 Å². The number of rotatable bonds is 12. The molecule has 294 valence electrons. The molecule has 0 radical (unpaired) electrons. The molecule has 0 amide bonds. The van der Waals surface area contributed by atoms with Crippen LogP contribution in [0.5, 0.6) is 11.5 Å². The third kappa shape index (κ3) is 8.56. The van der Waals surface area contributed by atoms with E-state index in [1.54, 1.807) is 48.5 Å². The molecule has 0 aliphatic heterocycles. The van der Waals surface area contributed by atoms with Crippen molar-refractivity contribution in [1.82, 2.24) is 0 Å². The Morgan fingerprint density at radius 2 is 1.12 bits per heavy atom. The third-order valence-electron chi connectivity index (χ3n) is 7.76. The summed E-state index contributed by atoms with van der Waals surface area (Å²) in [5.41, 5.74) is 3.76. The zero-order valence-corrected chi connectivity index (χ0v) is 31.3. The molecule has 0 aromatic heterocycles. The molecule has 0 saturated heterocycles. The lowest BCUT2D eigenvalue weighted by Crippen LogP contribution is -2.03. The van der Waals surface area contributed by atoms with E-state index in [0.29, 0.717) is 17.8 Å². The van der Waals surface area contributed by atoms with Crippen molar-refractivity contribution in [1.29, 1.82) is 0 Å². The molecule has 0 unspecified atom stereocenters. The van der Waals surface area contributed by atoms with E-state index in [9.17, 15) is 49.1 Å². The molecule has 0 aliphatic rings. The molecule has 25 heteroatoms. The molecule has 6 rings (SSSR count). The standard InChI is InChI=1S/C32H23N7O14S4/c33-27-22(15-24(55(43,44)45)20-13-23(54-53-52-42)28(31(41)26(20)27)38-34-16-7-3-1-4-8-16)37-36-21-12-11-18-19(32(21)57(49,50)51)14-25(56(46,47)48)29(30(18)40)39-35-17-9-5-2-6-10-17/h1-15,40-42H,33H2,(H,43,44,45)(H,46,47,48)(H,49,50,51). The van der Waals surface area contributed by atoms with E-state index in [1.807, 2.05) is 0 Å². The molecular weight excluding hydrogens is 835 g/mol. The normalized spacial score (nSPS) is 12.8. The maximum absolute atomic E-state index is 12.8. The van der Waals surface area contributed by atoms with Crippen molar-refractivity contribution in [3.05, 3.63) is 91.0 Å². The van der Waals surface area contributed by atoms with Gasteiger partial charge in [-0.25, -0.2) is 5.26 Å². The molecule has 6 aromatic carbocycles. The quantitative estimate of drug-likeness (QED) is 0.0152. The van der Waals surface area contributed by atoms with E-state index in [2.05, 4.69) is 40.1 Å². The fourth-order valence-electron chi connectivity index (χ4n) is 5.35. The number of nitrogens with two attached hydrogens (primary N) is 1. The van der Waals surface area contributed by atoms with E-state index in [1.165, 1.54) is 12.1 Å². The van der Waals surface area contributed by atoms with Crippen LogP contribution >= 0.6 is 12.0 Å². The highest BCUT2D eigenvalue weighted by Gasteiger charge is 2.29. The fourth-order valence-corrected chi connectivity index (χ4v) is 8.01. The van der Waals surface area contributed by atoms with Gasteiger partial charge in [-0.2, -0.15) is 35.5 Å². The van der Waals surface area contributed by atoms with Gasteiger partial charge >= 0.3 is 0 Å². The maximum Gasteiger partial charge on any atom is 0.297 e. The first kappa shape index (κ1) is 40.7. The van der Waals surface area contributed by atoms with Crippen molar-refractivity contribution in [2.75, 3.05) is 5.73 Å². The van der Waals surface area contributed by atoms with Gasteiger partial charge in [0.15, 0.2) is 11.5 Å². The second kappa shape index (κ2) is 15.9. The molecule has 0 spiro atoms. The lowest BCUT2D eigenvalue weighted by atomic mass is 10.0. The predicted octanol–water partition coefficient (Wildman–Crippen LogP) is 8.40. The van der Waals surface area contributed by atoms with Crippen LogP contribution in [0.1, 0.15) is 0 Å². The van der Waals surface area contributed by atoms with Crippen LogP contribution in [0.3, 0.4) is 0 Å². The number of nitrogens with zero attached hydrogens (tertiary/aromatic N) is 6. The summed E-state index contributed by atoms with van der Waals surface area (Å²) in [5, 5.41) is 56.0. The van der Waals surface area contributed by atoms with Gasteiger partial charge in [-0.05, 0) is 54.6 Å². The number of fused-ring (bicyclic) bond motifs is 2. The highest BCUT2D eigenvalue weighted by atomic mass is 32.2. The molecule has 0 bridgehead atoms. The molecule has 0 saturated carbocycles. The van der Waals surface area contributed by atoms with Crippen LogP contribution in [0, 0.1) is 0 Å². The molecule has 0 fully saturated rings. The van der Waals surface area contributed by atoms with Gasteiger partial charge < -0.3 is 15.9 Å². The highest BCUT2D eigenvalue weighted by molar-refractivity contribution is 7.94. The molecule has 57 heavy (non-hydrogen) atoms. The minimum atomic E-state index is -5.41. The van der Waals surface area contributed by atoms with Crippen molar-refractivity contribution < 1.29 is 63.8 Å². The van der Waals surface area contributed by atoms with Crippen LogP contribution in [-0.2, 0) is 39.7 Å². The van der Waals surface area contributed by atoms with Crippen LogP contribution < -0.4 is 5.73 Å². The van der Waals surface area contributed by atoms with Crippen LogP contribution in [0.4, 0.5) is 39.8 Å². The van der Waals surface area contributed by atoms with Crippen molar-refractivity contribution in [3.63, 3.8) is 0 Å². The number of azo groups is 3. The van der Waals surface area contributed by atoms with Gasteiger partial charge in [0.25, 0.3) is 30.4 Å². The Balaban J connectivity index is 1.58. The van der Waals surface area contributed by atoms with Gasteiger partial charge in [-0.15, -0.1) is 24.8 Å². The van der Waals surface area contributed by atoms with Gasteiger partial charge in [0, 0.05) is 16.2 Å². The summed E-state index contributed by atoms with van der Waals surface area (Å²) >= 11 is 0.251. The molecule has 8 N–H and O–H groups in total. The highest BCUT2D eigenvalue weighted by Crippen LogP contribution is 2.50. The zero-order chi connectivity index (χ0) is 41.3. The minimum Gasteiger partial charge on any atom is -0.505 e. The van der Waals surface area contributed by atoms with Crippen molar-refractivity contribution in [2.24, 2.45) is 30.7 Å². The first-order valence-corrected chi connectivity index (χ1v) is 20.3. The third-order valence-corrected chi connectivity index (χ3v) is 11.1. The number of phenolic OH excluding ortho intramolecular Hbond substituents is 2. The topological polar surface area (TPSA) is 342 Å². The second-order valence-corrected chi connectivity index (χ2v) is 16.2. The van der Waals surface area contributed by atoms with Crippen LogP contribution in [0.2, 0.25) is 0 Å². The first-order valence-electron chi connectivity index (χ1n) is 15.3. The molecule has 6 aromatic rings. The lowest BCUT2D eigenvalue weighted by molar-refractivity contribution is -0.432. The van der Waals surface area contributed by atoms with Gasteiger partial charge in [0.1, 0.15) is 37.4 Å². The average molecular weight is 858 g/mol. The van der Waals surface area contributed by atoms with Gasteiger partial charge in [-0.3, -0.25) is 13.7 Å². The molecule has 21 nitrogen and oxygen atoms in total. The van der Waals surface area contributed by atoms with Gasteiger partial charge in [0.2, 0.25) is 0 Å². The largest absolute Gasteiger partial charge is 0.505 e. The Kier molecular flexibility index (Phi) is 11.3. The molecule has 0 aliphatic carbocycles. The second-order valence-electron chi connectivity index (χ2n) is 11.3. The number of hydrogen-bond acceptors (Lipinski definition) is 19. The van der Waals surface area contributed by atoms with E-state index < -0.39 is 107 Å². The summed E-state index contributed by atoms with van der Waals surface area (Å²) in [4.78, 5) is -3.41. The smallest absolute Gasteiger partial charge is 0.297 e. The number of hydrogen-bond donors (Lipinski definition) is 7. The minimum absolute atomic E-state index is 0.210. The van der Waals surface area contributed by atoms with Crippen LogP contribution in [0.25, 0.3) is 21.5 Å². The molecular formula is C32H23N7O14S4. The maximum atomic E-state index is 12.8. The van der Waals surface area contributed by atoms with E-state index in [4.69, 9.17) is 11.0 Å². The average Bonchev–Trinajstić information content (AvgIpc) is 3.15. The lowest BCUT2D eigenvalue weighted by Gasteiger charge is -2.15. The Bertz CT molecular complexity index is 3010. The van der Waals surface area contributed by atoms with E-state index >= 15 is 0 Å². The molecule has 0 heterocycles. The van der Waals surface area contributed by atoms with E-state index in [-0.39, 0.29) is 22.6 Å². The van der Waals surface area contributed by atoms with Crippen LogP contribution in [-0.4, -0.2) is 54.4 Å². The summed E-state index contributed by atoms with van der Waals surface area (Å²) in [6.07, 6.45) is 0. The van der Waals surface area contributed by atoms with Crippen molar-refractivity contribution in [3.8, 4) is 11.5 Å². The van der Waals surface area contributed by atoms with E-state index in [0.717, 1.165) is 18.2 Å². The Morgan fingerprint density at radius 3 is 1.67 bits per heavy atom. The Labute approximate surface area is 324 Å². The number of aromatic hydroxyl groups is 2. The summed E-state index contributed by atoms with van der Waals surface area (Å²) in [6.45, 7) is 0. The summed E-state index contributed by atoms with van der Waals surface area (Å²) < 4.78 is 111. The first-order chi connectivity index (χ1) is 26.9. The monoisotopic (exact) mass is 857 g/mol. The summed E-state index contributed by atoms with van der Waals surface area (Å²) in [5.74, 6) is -1.83. The Morgan fingerprint density at radius 1 is 0.561 bits per heavy atom.